The molecule has 0 radical (unpaired) electrons. The molecule has 1 aromatic heterocycles. The second kappa shape index (κ2) is 6.67. The summed E-state index contributed by atoms with van der Waals surface area (Å²) in [7, 11) is 0. The predicted octanol–water partition coefficient (Wildman–Crippen LogP) is 3.41. The van der Waals surface area contributed by atoms with Crippen LogP contribution < -0.4 is 5.32 Å². The van der Waals surface area contributed by atoms with Crippen LogP contribution in [0.4, 0.5) is 10.1 Å². The molecule has 0 bridgehead atoms. The molecule has 0 spiro atoms. The maximum absolute atomic E-state index is 13.3. The van der Waals surface area contributed by atoms with E-state index in [4.69, 9.17) is 5.26 Å². The number of carbonyl (C=O) groups is 1. The quantitative estimate of drug-likeness (QED) is 0.802. The molecule has 1 amide bonds. The number of rotatable bonds is 3. The fourth-order valence-electron chi connectivity index (χ4n) is 2.13. The third-order valence-corrected chi connectivity index (χ3v) is 3.35. The van der Waals surface area contributed by atoms with Crippen molar-refractivity contribution >= 4 is 11.6 Å². The molecule has 0 aliphatic carbocycles. The molecule has 5 nitrogen and oxygen atoms in total. The molecule has 0 aliphatic heterocycles. The highest BCUT2D eigenvalue weighted by Gasteiger charge is 2.09. The summed E-state index contributed by atoms with van der Waals surface area (Å²) in [5, 5.41) is 11.5. The summed E-state index contributed by atoms with van der Waals surface area (Å²) in [5.74, 6) is -0.972. The second-order valence-electron chi connectivity index (χ2n) is 4.93. The first kappa shape index (κ1) is 15.3. The lowest BCUT2D eigenvalue weighted by Crippen LogP contribution is -2.12. The third kappa shape index (κ3) is 3.25. The number of aromatic nitrogens is 2. The average Bonchev–Trinajstić information content (AvgIpc) is 2.64. The Morgan fingerprint density at radius 2 is 1.92 bits per heavy atom. The summed E-state index contributed by atoms with van der Waals surface area (Å²) in [6.07, 6.45) is 4.82. The van der Waals surface area contributed by atoms with Gasteiger partial charge in [0.1, 0.15) is 11.9 Å². The van der Waals surface area contributed by atoms with Crippen LogP contribution >= 0.6 is 0 Å². The second-order valence-corrected chi connectivity index (χ2v) is 4.93. The zero-order valence-electron chi connectivity index (χ0n) is 12.4. The molecular weight excluding hydrogens is 307 g/mol. The first-order chi connectivity index (χ1) is 11.7. The van der Waals surface area contributed by atoms with Crippen LogP contribution in [0.15, 0.2) is 61.1 Å². The Labute approximate surface area is 137 Å². The molecule has 0 aliphatic rings. The van der Waals surface area contributed by atoms with Crippen molar-refractivity contribution < 1.29 is 9.18 Å². The molecule has 1 N–H and O–H groups in total. The maximum Gasteiger partial charge on any atom is 0.255 e. The number of nitrogens with zero attached hydrogens (tertiary/aromatic N) is 3. The van der Waals surface area contributed by atoms with E-state index in [1.54, 1.807) is 48.9 Å². The fraction of sp³-hybridized carbons (Fsp3) is 0. The molecule has 116 valence electrons. The Hall–Kier alpha value is -3.59. The van der Waals surface area contributed by atoms with Gasteiger partial charge in [-0.05, 0) is 30.3 Å². The summed E-state index contributed by atoms with van der Waals surface area (Å²) < 4.78 is 13.3. The maximum atomic E-state index is 13.3. The van der Waals surface area contributed by atoms with Crippen molar-refractivity contribution in [3.05, 3.63) is 78.0 Å². The summed E-state index contributed by atoms with van der Waals surface area (Å²) in [4.78, 5) is 20.4. The summed E-state index contributed by atoms with van der Waals surface area (Å²) in [6.45, 7) is 0. The predicted molar refractivity (Wildman–Crippen MR) is 86.5 cm³/mol. The van der Waals surface area contributed by atoms with Crippen molar-refractivity contribution in [1.29, 1.82) is 5.26 Å². The molecule has 0 unspecified atom stereocenters. The van der Waals surface area contributed by atoms with E-state index in [2.05, 4.69) is 15.3 Å². The van der Waals surface area contributed by atoms with Gasteiger partial charge < -0.3 is 5.32 Å². The lowest BCUT2D eigenvalue weighted by Gasteiger charge is -2.07. The number of nitriles is 1. The highest BCUT2D eigenvalue weighted by atomic mass is 19.1. The number of hydrogen-bond acceptors (Lipinski definition) is 4. The monoisotopic (exact) mass is 318 g/mol. The van der Waals surface area contributed by atoms with Crippen molar-refractivity contribution in [3.63, 3.8) is 0 Å². The molecular formula is C18H11FN4O. The zero-order valence-corrected chi connectivity index (χ0v) is 12.4. The van der Waals surface area contributed by atoms with Crippen LogP contribution in [0, 0.1) is 17.1 Å². The summed E-state index contributed by atoms with van der Waals surface area (Å²) in [6, 6.07) is 12.4. The van der Waals surface area contributed by atoms with Crippen molar-refractivity contribution in [2.75, 3.05) is 5.32 Å². The van der Waals surface area contributed by atoms with Crippen molar-refractivity contribution in [2.24, 2.45) is 0 Å². The normalized spacial score (nSPS) is 10.0. The Balaban J connectivity index is 1.77. The molecule has 1 heterocycles. The van der Waals surface area contributed by atoms with Crippen molar-refractivity contribution in [3.8, 4) is 17.3 Å². The van der Waals surface area contributed by atoms with Gasteiger partial charge in [0.15, 0.2) is 0 Å². The average molecular weight is 318 g/mol. The molecule has 3 rings (SSSR count). The van der Waals surface area contributed by atoms with Gasteiger partial charge in [-0.2, -0.15) is 5.26 Å². The number of benzene rings is 2. The van der Waals surface area contributed by atoms with Gasteiger partial charge in [-0.15, -0.1) is 0 Å². The third-order valence-electron chi connectivity index (χ3n) is 3.35. The number of halogens is 1. The standard InChI is InChI=1S/C18H11FN4O/c19-16-6-5-15(9-14(16)10-20)23-18(24)13-3-1-12(2-4-13)17-11-21-7-8-22-17/h1-9,11H,(H,23,24). The van der Waals surface area contributed by atoms with Gasteiger partial charge in [-0.25, -0.2) is 4.39 Å². The highest BCUT2D eigenvalue weighted by molar-refractivity contribution is 6.04. The van der Waals surface area contributed by atoms with Crippen LogP contribution in [0.25, 0.3) is 11.3 Å². The molecule has 0 saturated carbocycles. The van der Waals surface area contributed by atoms with Gasteiger partial charge in [0.25, 0.3) is 5.91 Å². The molecule has 0 fully saturated rings. The number of hydrogen-bond donors (Lipinski definition) is 1. The van der Waals surface area contributed by atoms with Crippen molar-refractivity contribution in [2.45, 2.75) is 0 Å². The minimum Gasteiger partial charge on any atom is -0.322 e. The van der Waals surface area contributed by atoms with Gasteiger partial charge in [-0.1, -0.05) is 12.1 Å². The Kier molecular flexibility index (Phi) is 4.25. The van der Waals surface area contributed by atoms with E-state index in [-0.39, 0.29) is 11.5 Å². The van der Waals surface area contributed by atoms with Crippen LogP contribution in [0.1, 0.15) is 15.9 Å². The lowest BCUT2D eigenvalue weighted by molar-refractivity contribution is 0.102. The molecule has 24 heavy (non-hydrogen) atoms. The highest BCUT2D eigenvalue weighted by Crippen LogP contribution is 2.18. The minimum absolute atomic E-state index is 0.120. The Morgan fingerprint density at radius 1 is 1.12 bits per heavy atom. The van der Waals surface area contributed by atoms with E-state index in [1.165, 1.54) is 12.1 Å². The molecule has 0 saturated heterocycles. The smallest absolute Gasteiger partial charge is 0.255 e. The molecule has 3 aromatic rings. The van der Waals surface area contributed by atoms with Crippen LogP contribution in [0.2, 0.25) is 0 Å². The van der Waals surface area contributed by atoms with E-state index in [1.807, 2.05) is 0 Å². The number of nitrogens with one attached hydrogen (secondary N) is 1. The van der Waals surface area contributed by atoms with Gasteiger partial charge in [0.2, 0.25) is 0 Å². The van der Waals surface area contributed by atoms with Gasteiger partial charge in [0, 0.05) is 29.2 Å². The number of carbonyl (C=O) groups excluding carboxylic acids is 1. The first-order valence-corrected chi connectivity index (χ1v) is 7.05. The zero-order chi connectivity index (χ0) is 16.9. The van der Waals surface area contributed by atoms with Crippen molar-refractivity contribution in [1.82, 2.24) is 9.97 Å². The van der Waals surface area contributed by atoms with Crippen LogP contribution in [0.3, 0.4) is 0 Å². The van der Waals surface area contributed by atoms with Crippen LogP contribution in [-0.2, 0) is 0 Å². The van der Waals surface area contributed by atoms with E-state index >= 15 is 0 Å². The topological polar surface area (TPSA) is 78.7 Å². The van der Waals surface area contributed by atoms with E-state index in [0.29, 0.717) is 16.9 Å². The minimum atomic E-state index is -0.621. The molecule has 6 heteroatoms. The Bertz CT molecular complexity index is 918. The number of amides is 1. The summed E-state index contributed by atoms with van der Waals surface area (Å²) in [5.41, 5.74) is 2.22. The number of anilines is 1. The van der Waals surface area contributed by atoms with E-state index < -0.39 is 5.82 Å². The van der Waals surface area contributed by atoms with E-state index in [9.17, 15) is 9.18 Å². The first-order valence-electron chi connectivity index (χ1n) is 7.05. The summed E-state index contributed by atoms with van der Waals surface area (Å²) >= 11 is 0. The molecule has 0 atom stereocenters. The fourth-order valence-corrected chi connectivity index (χ4v) is 2.13. The van der Waals surface area contributed by atoms with Gasteiger partial charge in [-0.3, -0.25) is 14.8 Å². The molecule has 2 aromatic carbocycles. The SMILES string of the molecule is N#Cc1cc(NC(=O)c2ccc(-c3cnccn3)cc2)ccc1F. The van der Waals surface area contributed by atoms with E-state index in [0.717, 1.165) is 11.6 Å². The van der Waals surface area contributed by atoms with Crippen LogP contribution in [-0.4, -0.2) is 15.9 Å². The van der Waals surface area contributed by atoms with Gasteiger partial charge in [0.05, 0.1) is 17.5 Å². The largest absolute Gasteiger partial charge is 0.322 e. The van der Waals surface area contributed by atoms with Crippen LogP contribution in [0.5, 0.6) is 0 Å². The Morgan fingerprint density at radius 3 is 2.58 bits per heavy atom. The van der Waals surface area contributed by atoms with Gasteiger partial charge >= 0.3 is 0 Å². The lowest BCUT2D eigenvalue weighted by atomic mass is 10.1.